The van der Waals surface area contributed by atoms with E-state index in [1.165, 1.54) is 5.69 Å². The lowest BCUT2D eigenvalue weighted by atomic mass is 10.1. The fourth-order valence-corrected chi connectivity index (χ4v) is 4.54. The van der Waals surface area contributed by atoms with Gasteiger partial charge in [0, 0.05) is 41.3 Å². The van der Waals surface area contributed by atoms with E-state index < -0.39 is 0 Å². The highest BCUT2D eigenvalue weighted by Gasteiger charge is 2.14. The quantitative estimate of drug-likeness (QED) is 0.601. The van der Waals surface area contributed by atoms with Crippen LogP contribution in [0.3, 0.4) is 0 Å². The standard InChI is InChI=1S/C23H24ClN3O2S/c1-16-11-20(27-7-9-29-10-8-27)5-6-21(16)26-22(28)14-19-15-30-23(25-19)13-17-3-2-4-18(24)12-17/h2-6,11-12,15H,7-10,13-14H2,1H3,(H,26,28). The van der Waals surface area contributed by atoms with Crippen LogP contribution in [0.2, 0.25) is 5.02 Å². The summed E-state index contributed by atoms with van der Waals surface area (Å²) in [4.78, 5) is 19.5. The molecule has 156 valence electrons. The minimum absolute atomic E-state index is 0.0585. The molecule has 1 N–H and O–H groups in total. The Morgan fingerprint density at radius 3 is 2.83 bits per heavy atom. The van der Waals surface area contributed by atoms with Crippen LogP contribution in [0.15, 0.2) is 47.8 Å². The Morgan fingerprint density at radius 1 is 1.23 bits per heavy atom. The van der Waals surface area contributed by atoms with Crippen molar-refractivity contribution in [2.24, 2.45) is 0 Å². The van der Waals surface area contributed by atoms with E-state index >= 15 is 0 Å². The summed E-state index contributed by atoms with van der Waals surface area (Å²) in [5, 5.41) is 6.67. The minimum Gasteiger partial charge on any atom is -0.378 e. The van der Waals surface area contributed by atoms with Crippen LogP contribution in [0.5, 0.6) is 0 Å². The van der Waals surface area contributed by atoms with Gasteiger partial charge in [0.25, 0.3) is 0 Å². The molecule has 1 aliphatic rings. The summed E-state index contributed by atoms with van der Waals surface area (Å²) in [5.74, 6) is -0.0585. The fourth-order valence-electron chi connectivity index (χ4n) is 3.50. The van der Waals surface area contributed by atoms with Crippen molar-refractivity contribution in [2.45, 2.75) is 19.8 Å². The Bertz CT molecular complexity index is 1030. The number of nitrogens with one attached hydrogen (secondary N) is 1. The van der Waals surface area contributed by atoms with Crippen LogP contribution in [0, 0.1) is 6.92 Å². The van der Waals surface area contributed by atoms with Crippen LogP contribution >= 0.6 is 22.9 Å². The zero-order valence-electron chi connectivity index (χ0n) is 16.9. The van der Waals surface area contributed by atoms with Crippen LogP contribution in [0.4, 0.5) is 11.4 Å². The normalized spacial score (nSPS) is 14.0. The second kappa shape index (κ2) is 9.60. The Balaban J connectivity index is 1.35. The highest BCUT2D eigenvalue weighted by Crippen LogP contribution is 2.24. The number of morpholine rings is 1. The van der Waals surface area contributed by atoms with E-state index in [9.17, 15) is 4.79 Å². The summed E-state index contributed by atoms with van der Waals surface area (Å²) in [6.45, 7) is 5.32. The van der Waals surface area contributed by atoms with Gasteiger partial charge in [-0.2, -0.15) is 0 Å². The van der Waals surface area contributed by atoms with Crippen LogP contribution < -0.4 is 10.2 Å². The molecule has 0 spiro atoms. The molecule has 5 nitrogen and oxygen atoms in total. The summed E-state index contributed by atoms with van der Waals surface area (Å²) >= 11 is 7.62. The van der Waals surface area contributed by atoms with E-state index in [0.717, 1.165) is 65.3 Å². The van der Waals surface area contributed by atoms with Crippen molar-refractivity contribution >= 4 is 40.2 Å². The van der Waals surface area contributed by atoms with Gasteiger partial charge in [0.05, 0.1) is 30.3 Å². The maximum atomic E-state index is 12.5. The number of aryl methyl sites for hydroxylation is 1. The molecule has 0 aliphatic carbocycles. The number of carbonyl (C=O) groups is 1. The lowest BCUT2D eigenvalue weighted by Gasteiger charge is -2.29. The molecule has 7 heteroatoms. The minimum atomic E-state index is -0.0585. The number of hydrogen-bond acceptors (Lipinski definition) is 5. The molecule has 0 bridgehead atoms. The van der Waals surface area contributed by atoms with Crippen molar-refractivity contribution in [1.82, 2.24) is 4.98 Å². The maximum absolute atomic E-state index is 12.5. The second-order valence-electron chi connectivity index (χ2n) is 7.36. The summed E-state index contributed by atoms with van der Waals surface area (Å²) in [6.07, 6.45) is 0.978. The first-order valence-corrected chi connectivity index (χ1v) is 11.2. The second-order valence-corrected chi connectivity index (χ2v) is 8.74. The summed E-state index contributed by atoms with van der Waals surface area (Å²) in [6, 6.07) is 13.9. The molecular formula is C23H24ClN3O2S. The number of benzene rings is 2. The molecule has 0 unspecified atom stereocenters. The Morgan fingerprint density at radius 2 is 2.07 bits per heavy atom. The highest BCUT2D eigenvalue weighted by atomic mass is 35.5. The highest BCUT2D eigenvalue weighted by molar-refractivity contribution is 7.09. The third-order valence-corrected chi connectivity index (χ3v) is 6.18. The Hall–Kier alpha value is -2.41. The van der Waals surface area contributed by atoms with Crippen molar-refractivity contribution in [3.8, 4) is 0 Å². The van der Waals surface area contributed by atoms with Gasteiger partial charge in [0.1, 0.15) is 0 Å². The van der Waals surface area contributed by atoms with Gasteiger partial charge in [0.15, 0.2) is 0 Å². The van der Waals surface area contributed by atoms with E-state index in [1.54, 1.807) is 11.3 Å². The van der Waals surface area contributed by atoms with E-state index in [0.29, 0.717) is 0 Å². The lowest BCUT2D eigenvalue weighted by Crippen LogP contribution is -2.36. The first kappa shape index (κ1) is 20.8. The first-order valence-electron chi connectivity index (χ1n) is 9.98. The van der Waals surface area contributed by atoms with Crippen LogP contribution in [0.25, 0.3) is 0 Å². The molecule has 1 saturated heterocycles. The van der Waals surface area contributed by atoms with Crippen molar-refractivity contribution in [3.63, 3.8) is 0 Å². The van der Waals surface area contributed by atoms with Gasteiger partial charge in [-0.15, -0.1) is 11.3 Å². The first-order chi connectivity index (χ1) is 14.6. The molecule has 1 aromatic heterocycles. The van der Waals surface area contributed by atoms with Gasteiger partial charge < -0.3 is 15.0 Å². The number of amides is 1. The fraction of sp³-hybridized carbons (Fsp3) is 0.304. The van der Waals surface area contributed by atoms with Crippen LogP contribution in [-0.2, 0) is 22.4 Å². The summed E-state index contributed by atoms with van der Waals surface area (Å²) < 4.78 is 5.41. The Labute approximate surface area is 185 Å². The number of aromatic nitrogens is 1. The summed E-state index contributed by atoms with van der Waals surface area (Å²) in [5.41, 5.74) is 4.96. The van der Waals surface area contributed by atoms with Gasteiger partial charge in [-0.3, -0.25) is 4.79 Å². The number of nitrogens with zero attached hydrogens (tertiary/aromatic N) is 2. The smallest absolute Gasteiger partial charge is 0.230 e. The van der Waals surface area contributed by atoms with Crippen LogP contribution in [-0.4, -0.2) is 37.2 Å². The Kier molecular flexibility index (Phi) is 6.67. The van der Waals surface area contributed by atoms with Gasteiger partial charge >= 0.3 is 0 Å². The molecule has 4 rings (SSSR count). The number of halogens is 1. The monoisotopic (exact) mass is 441 g/mol. The van der Waals surface area contributed by atoms with Gasteiger partial charge in [-0.1, -0.05) is 23.7 Å². The lowest BCUT2D eigenvalue weighted by molar-refractivity contribution is -0.115. The maximum Gasteiger partial charge on any atom is 0.230 e. The van der Waals surface area contributed by atoms with Crippen molar-refractivity contribution in [2.75, 3.05) is 36.5 Å². The average molecular weight is 442 g/mol. The molecule has 1 fully saturated rings. The van der Waals surface area contributed by atoms with Gasteiger partial charge in [0.2, 0.25) is 5.91 Å². The zero-order valence-corrected chi connectivity index (χ0v) is 18.4. The predicted octanol–water partition coefficient (Wildman–Crippen LogP) is 4.71. The molecule has 30 heavy (non-hydrogen) atoms. The largest absolute Gasteiger partial charge is 0.378 e. The van der Waals surface area contributed by atoms with E-state index in [-0.39, 0.29) is 12.3 Å². The molecule has 1 aliphatic heterocycles. The van der Waals surface area contributed by atoms with E-state index in [1.807, 2.05) is 42.6 Å². The number of anilines is 2. The number of rotatable bonds is 6. The van der Waals surface area contributed by atoms with Gasteiger partial charge in [-0.25, -0.2) is 4.98 Å². The molecule has 0 saturated carbocycles. The predicted molar refractivity (Wildman–Crippen MR) is 123 cm³/mol. The molecule has 1 amide bonds. The molecule has 2 heterocycles. The zero-order chi connectivity index (χ0) is 20.9. The number of hydrogen-bond donors (Lipinski definition) is 1. The van der Waals surface area contributed by atoms with Crippen molar-refractivity contribution in [1.29, 1.82) is 0 Å². The molecule has 3 aromatic rings. The van der Waals surface area contributed by atoms with E-state index in [2.05, 4.69) is 27.3 Å². The van der Waals surface area contributed by atoms with Gasteiger partial charge in [-0.05, 0) is 48.4 Å². The average Bonchev–Trinajstić information content (AvgIpc) is 3.16. The SMILES string of the molecule is Cc1cc(N2CCOCC2)ccc1NC(=O)Cc1csc(Cc2cccc(Cl)c2)n1. The van der Waals surface area contributed by atoms with Crippen molar-refractivity contribution < 1.29 is 9.53 Å². The third-order valence-electron chi connectivity index (χ3n) is 5.05. The van der Waals surface area contributed by atoms with Crippen molar-refractivity contribution in [3.05, 3.63) is 74.7 Å². The summed E-state index contributed by atoms with van der Waals surface area (Å²) in [7, 11) is 0. The molecule has 0 radical (unpaired) electrons. The number of carbonyl (C=O) groups excluding carboxylic acids is 1. The number of ether oxygens (including phenoxy) is 1. The van der Waals surface area contributed by atoms with E-state index in [4.69, 9.17) is 16.3 Å². The molecular weight excluding hydrogens is 418 g/mol. The third kappa shape index (κ3) is 5.39. The molecule has 0 atom stereocenters. The molecule has 2 aromatic carbocycles. The number of thiazole rings is 1. The van der Waals surface area contributed by atoms with Crippen LogP contribution in [0.1, 0.15) is 21.8 Å². The topological polar surface area (TPSA) is 54.5 Å².